The van der Waals surface area contributed by atoms with Crippen LogP contribution in [0.1, 0.15) is 55.0 Å². The van der Waals surface area contributed by atoms with E-state index in [0.717, 1.165) is 11.1 Å². The van der Waals surface area contributed by atoms with Crippen LogP contribution in [0.2, 0.25) is 0 Å². The normalized spacial score (nSPS) is 18.2. The summed E-state index contributed by atoms with van der Waals surface area (Å²) < 4.78 is 6.67. The lowest BCUT2D eigenvalue weighted by atomic mass is 9.86. The van der Waals surface area contributed by atoms with Crippen molar-refractivity contribution in [3.05, 3.63) is 68.1 Å². The predicted molar refractivity (Wildman–Crippen MR) is 133 cm³/mol. The van der Waals surface area contributed by atoms with Gasteiger partial charge in [-0.3, -0.25) is 9.59 Å². The number of carbonyl (C=O) groups excluding carboxylic acids is 2. The second kappa shape index (κ2) is 8.67. The van der Waals surface area contributed by atoms with Gasteiger partial charge in [0.1, 0.15) is 12.3 Å². The monoisotopic (exact) mass is 503 g/mol. The number of fused-ring (bicyclic) bond motifs is 5. The highest BCUT2D eigenvalue weighted by molar-refractivity contribution is 6.00. The van der Waals surface area contributed by atoms with E-state index in [9.17, 15) is 29.4 Å². The molecule has 1 aromatic carbocycles. The first kappa shape index (κ1) is 24.4. The zero-order valence-electron chi connectivity index (χ0n) is 20.5. The number of aliphatic carboxylic acids is 1. The number of aromatic nitrogens is 2. The molecule has 3 N–H and O–H groups in total. The molecule has 0 saturated carbocycles. The van der Waals surface area contributed by atoms with Crippen LogP contribution < -0.4 is 10.9 Å². The molecule has 10 nitrogen and oxygen atoms in total. The molecule has 2 aromatic heterocycles. The molecule has 0 aliphatic carbocycles. The number of aliphatic hydroxyl groups is 1. The Balaban J connectivity index is 1.75. The average molecular weight is 504 g/mol. The van der Waals surface area contributed by atoms with Crippen molar-refractivity contribution in [2.45, 2.75) is 52.4 Å². The zero-order valence-corrected chi connectivity index (χ0v) is 20.5. The minimum atomic E-state index is -1.91. The number of rotatable bonds is 5. The molecular formula is C27H25N3O7. The number of hydrogen-bond acceptors (Lipinski definition) is 7. The minimum absolute atomic E-state index is 0.0512. The number of ether oxygens (including phenoxy) is 1. The van der Waals surface area contributed by atoms with Gasteiger partial charge in [-0.15, -0.1) is 0 Å². The van der Waals surface area contributed by atoms with Crippen molar-refractivity contribution in [3.63, 3.8) is 0 Å². The van der Waals surface area contributed by atoms with Gasteiger partial charge >= 0.3 is 11.9 Å². The predicted octanol–water partition coefficient (Wildman–Crippen LogP) is 2.20. The van der Waals surface area contributed by atoms with Crippen LogP contribution in [0.4, 0.5) is 0 Å². The van der Waals surface area contributed by atoms with Crippen LogP contribution >= 0.6 is 0 Å². The Morgan fingerprint density at radius 2 is 2.00 bits per heavy atom. The molecule has 5 rings (SSSR count). The van der Waals surface area contributed by atoms with E-state index in [1.165, 1.54) is 13.0 Å². The first-order chi connectivity index (χ1) is 17.6. The Bertz CT molecular complexity index is 1620. The number of esters is 1. The van der Waals surface area contributed by atoms with Gasteiger partial charge in [0.2, 0.25) is 5.91 Å². The number of aryl methyl sites for hydroxylation is 1. The first-order valence-corrected chi connectivity index (χ1v) is 11.9. The molecule has 0 saturated heterocycles. The largest absolute Gasteiger partial charge is 0.477 e. The molecule has 0 fully saturated rings. The summed E-state index contributed by atoms with van der Waals surface area (Å²) in [6, 6.07) is 7.15. The summed E-state index contributed by atoms with van der Waals surface area (Å²) in [6.45, 7) is 4.86. The smallest absolute Gasteiger partial charge is 0.352 e. The Kier molecular flexibility index (Phi) is 5.71. The molecule has 2 aliphatic rings. The van der Waals surface area contributed by atoms with E-state index in [-0.39, 0.29) is 42.0 Å². The second-order valence-corrected chi connectivity index (χ2v) is 9.21. The summed E-state index contributed by atoms with van der Waals surface area (Å²) in [6.07, 6.45) is 2.09. The lowest BCUT2D eigenvalue weighted by Gasteiger charge is -2.31. The van der Waals surface area contributed by atoms with Crippen molar-refractivity contribution >= 4 is 34.8 Å². The molecule has 0 unspecified atom stereocenters. The number of nitrogens with one attached hydrogen (secondary N) is 1. The van der Waals surface area contributed by atoms with E-state index >= 15 is 0 Å². The molecule has 37 heavy (non-hydrogen) atoms. The standard InChI is InChI=1S/C27H25N3O7/c1-4-14-6-7-15(9-20(25(33)34)28-13(3)31)17-8-16-11-30-21(23(16)29-22(14)17)10-19-18(24(30)32)12-37-26(35)27(19,36)5-2/h6-10,36H,4-5,11-12H2,1-3H3,(H,28,31)(H,33,34)/b20-9-/t27-/m0/s1. The van der Waals surface area contributed by atoms with Crippen LogP contribution in [-0.2, 0) is 44.3 Å². The number of pyridine rings is 2. The third-order valence-corrected chi connectivity index (χ3v) is 7.02. The van der Waals surface area contributed by atoms with Crippen molar-refractivity contribution in [1.29, 1.82) is 0 Å². The van der Waals surface area contributed by atoms with E-state index in [4.69, 9.17) is 9.72 Å². The molecule has 4 heterocycles. The highest BCUT2D eigenvalue weighted by Crippen LogP contribution is 2.39. The molecule has 1 amide bonds. The van der Waals surface area contributed by atoms with Gasteiger partial charge in [0.15, 0.2) is 5.60 Å². The third-order valence-electron chi connectivity index (χ3n) is 7.02. The number of nitrogens with zero attached hydrogens (tertiary/aromatic N) is 2. The van der Waals surface area contributed by atoms with Gasteiger partial charge in [-0.1, -0.05) is 26.0 Å². The quantitative estimate of drug-likeness (QED) is 0.277. The van der Waals surface area contributed by atoms with Gasteiger partial charge < -0.3 is 24.8 Å². The van der Waals surface area contributed by atoms with E-state index in [1.807, 2.05) is 19.1 Å². The highest BCUT2D eigenvalue weighted by atomic mass is 16.6. The molecule has 1 atom stereocenters. The Labute approximate surface area is 211 Å². The molecule has 3 aromatic rings. The number of carboxylic acid groups (broad SMARTS) is 1. The topological polar surface area (TPSA) is 148 Å². The third kappa shape index (κ3) is 3.72. The Morgan fingerprint density at radius 1 is 1.24 bits per heavy atom. The number of carboxylic acids is 1. The molecule has 0 bridgehead atoms. The van der Waals surface area contributed by atoms with E-state index in [0.29, 0.717) is 34.3 Å². The van der Waals surface area contributed by atoms with Crippen LogP contribution in [0.5, 0.6) is 0 Å². The number of cyclic esters (lactones) is 1. The molecule has 10 heteroatoms. The van der Waals surface area contributed by atoms with Crippen molar-refractivity contribution in [1.82, 2.24) is 14.9 Å². The molecular weight excluding hydrogens is 478 g/mol. The zero-order chi connectivity index (χ0) is 26.6. The van der Waals surface area contributed by atoms with Crippen LogP contribution in [0, 0.1) is 0 Å². The lowest BCUT2D eigenvalue weighted by molar-refractivity contribution is -0.172. The van der Waals surface area contributed by atoms with Gasteiger partial charge in [0, 0.05) is 23.4 Å². The number of benzene rings is 1. The van der Waals surface area contributed by atoms with Crippen molar-refractivity contribution in [3.8, 4) is 11.4 Å². The number of amides is 1. The molecule has 0 radical (unpaired) electrons. The van der Waals surface area contributed by atoms with Crippen molar-refractivity contribution in [2.75, 3.05) is 0 Å². The first-order valence-electron chi connectivity index (χ1n) is 11.9. The number of carbonyl (C=O) groups is 3. The van der Waals surface area contributed by atoms with Crippen LogP contribution in [-0.4, -0.2) is 37.6 Å². The van der Waals surface area contributed by atoms with Crippen LogP contribution in [0.25, 0.3) is 28.4 Å². The lowest BCUT2D eigenvalue weighted by Crippen LogP contribution is -2.44. The fourth-order valence-electron chi connectivity index (χ4n) is 5.05. The van der Waals surface area contributed by atoms with Crippen LogP contribution in [0.3, 0.4) is 0 Å². The number of hydrogen-bond donors (Lipinski definition) is 3. The fourth-order valence-corrected chi connectivity index (χ4v) is 5.05. The molecule has 0 spiro atoms. The minimum Gasteiger partial charge on any atom is -0.477 e. The summed E-state index contributed by atoms with van der Waals surface area (Å²) in [4.78, 5) is 53.9. The summed E-state index contributed by atoms with van der Waals surface area (Å²) in [5.41, 5.74) is 1.83. The maximum atomic E-state index is 13.4. The second-order valence-electron chi connectivity index (χ2n) is 9.21. The van der Waals surface area contributed by atoms with Crippen molar-refractivity contribution < 1.29 is 29.3 Å². The van der Waals surface area contributed by atoms with Gasteiger partial charge in [-0.05, 0) is 42.2 Å². The van der Waals surface area contributed by atoms with Gasteiger partial charge in [-0.25, -0.2) is 14.6 Å². The summed E-state index contributed by atoms with van der Waals surface area (Å²) in [5, 5.41) is 23.6. The van der Waals surface area contributed by atoms with E-state index < -0.39 is 23.4 Å². The molecule has 190 valence electrons. The highest BCUT2D eigenvalue weighted by Gasteiger charge is 2.45. The molecule has 2 aliphatic heterocycles. The van der Waals surface area contributed by atoms with Crippen molar-refractivity contribution in [2.24, 2.45) is 0 Å². The van der Waals surface area contributed by atoms with E-state index in [1.54, 1.807) is 23.6 Å². The fraction of sp³-hybridized carbons (Fsp3) is 0.296. The van der Waals surface area contributed by atoms with E-state index in [2.05, 4.69) is 5.32 Å². The Hall–Kier alpha value is -4.31. The maximum absolute atomic E-state index is 13.4. The Morgan fingerprint density at radius 3 is 2.65 bits per heavy atom. The van der Waals surface area contributed by atoms with Crippen LogP contribution in [0.15, 0.2) is 34.8 Å². The average Bonchev–Trinajstić information content (AvgIpc) is 3.23. The van der Waals surface area contributed by atoms with Gasteiger partial charge in [-0.2, -0.15) is 0 Å². The SMILES string of the molecule is CCc1ccc(/C=C(\NC(C)=O)C(=O)O)c2cc3c(nc12)-c1cc2c(c(=O)n1C3)COC(=O)[C@]2(O)CC. The maximum Gasteiger partial charge on any atom is 0.352 e. The van der Waals surface area contributed by atoms with Gasteiger partial charge in [0.25, 0.3) is 5.56 Å². The summed E-state index contributed by atoms with van der Waals surface area (Å²) in [7, 11) is 0. The summed E-state index contributed by atoms with van der Waals surface area (Å²) >= 11 is 0. The van der Waals surface area contributed by atoms with Gasteiger partial charge in [0.05, 0.1) is 29.0 Å². The summed E-state index contributed by atoms with van der Waals surface area (Å²) in [5.74, 6) is -2.56.